The monoisotopic (exact) mass is 465 g/mol. The number of para-hydroxylation sites is 2. The Balaban J connectivity index is 1.56. The van der Waals surface area contributed by atoms with Gasteiger partial charge in [0.2, 0.25) is 0 Å². The van der Waals surface area contributed by atoms with Crippen LogP contribution in [0.5, 0.6) is 5.75 Å². The van der Waals surface area contributed by atoms with Crippen molar-refractivity contribution in [1.29, 1.82) is 0 Å². The lowest BCUT2D eigenvalue weighted by atomic mass is 10.1. The van der Waals surface area contributed by atoms with Crippen LogP contribution < -0.4 is 10.1 Å². The Morgan fingerprint density at radius 2 is 1.94 bits per heavy atom. The summed E-state index contributed by atoms with van der Waals surface area (Å²) in [5.74, 6) is 0.630. The van der Waals surface area contributed by atoms with Crippen molar-refractivity contribution >= 4 is 28.5 Å². The van der Waals surface area contributed by atoms with Gasteiger partial charge in [0.1, 0.15) is 17.4 Å². The van der Waals surface area contributed by atoms with E-state index in [1.165, 1.54) is 6.07 Å². The molecule has 3 aromatic carbocycles. The minimum Gasteiger partial charge on any atom is -0.483 e. The highest BCUT2D eigenvalue weighted by atomic mass is 35.5. The van der Waals surface area contributed by atoms with E-state index in [0.29, 0.717) is 22.2 Å². The van der Waals surface area contributed by atoms with Gasteiger partial charge in [-0.2, -0.15) is 0 Å². The van der Waals surface area contributed by atoms with Crippen molar-refractivity contribution in [3.63, 3.8) is 0 Å². The molecule has 1 amide bonds. The molecule has 5 nitrogen and oxygen atoms in total. The Labute approximate surface area is 197 Å². The maximum atomic E-state index is 14.5. The quantitative estimate of drug-likeness (QED) is 0.378. The Morgan fingerprint density at radius 3 is 2.73 bits per heavy atom. The Kier molecular flexibility index (Phi) is 6.65. The predicted octanol–water partition coefficient (Wildman–Crippen LogP) is 5.75. The fraction of sp³-hybridized carbons (Fsp3) is 0.231. The molecule has 0 saturated carbocycles. The summed E-state index contributed by atoms with van der Waals surface area (Å²) in [5, 5.41) is 3.29. The fourth-order valence-electron chi connectivity index (χ4n) is 3.79. The van der Waals surface area contributed by atoms with Gasteiger partial charge in [0.15, 0.2) is 6.61 Å². The van der Waals surface area contributed by atoms with Crippen LogP contribution >= 0.6 is 11.6 Å². The number of nitrogens with zero attached hydrogens (tertiary/aromatic N) is 2. The highest BCUT2D eigenvalue weighted by molar-refractivity contribution is 6.31. The van der Waals surface area contributed by atoms with Crippen molar-refractivity contribution in [2.75, 3.05) is 6.61 Å². The van der Waals surface area contributed by atoms with Gasteiger partial charge in [-0.1, -0.05) is 41.9 Å². The molecule has 0 bridgehead atoms. The molecule has 0 aliphatic rings. The summed E-state index contributed by atoms with van der Waals surface area (Å²) < 4.78 is 22.1. The van der Waals surface area contributed by atoms with Gasteiger partial charge in [-0.15, -0.1) is 0 Å². The van der Waals surface area contributed by atoms with Crippen LogP contribution in [0, 0.1) is 19.7 Å². The molecular weight excluding hydrogens is 441 g/mol. The van der Waals surface area contributed by atoms with Crippen molar-refractivity contribution in [3.8, 4) is 5.75 Å². The Morgan fingerprint density at radius 1 is 1.15 bits per heavy atom. The van der Waals surface area contributed by atoms with Gasteiger partial charge in [0.05, 0.1) is 23.6 Å². The van der Waals surface area contributed by atoms with Crippen molar-refractivity contribution in [2.24, 2.45) is 0 Å². The number of hydrogen-bond acceptors (Lipinski definition) is 3. The minimum absolute atomic E-state index is 0.117. The molecule has 0 fully saturated rings. The van der Waals surface area contributed by atoms with E-state index in [-0.39, 0.29) is 24.9 Å². The zero-order valence-corrected chi connectivity index (χ0v) is 19.5. The highest BCUT2D eigenvalue weighted by Gasteiger charge is 2.20. The number of aromatic nitrogens is 2. The lowest BCUT2D eigenvalue weighted by Gasteiger charge is -2.18. The largest absolute Gasteiger partial charge is 0.483 e. The van der Waals surface area contributed by atoms with Gasteiger partial charge in [0.25, 0.3) is 5.91 Å². The molecule has 1 aromatic heterocycles. The SMILES string of the molecule is Cc1ccc(C)c(OCC(=O)NC(C)c2nc3ccccc3n2Cc2c(F)cccc2Cl)c1. The molecule has 0 aliphatic heterocycles. The van der Waals surface area contributed by atoms with Gasteiger partial charge in [-0.3, -0.25) is 4.79 Å². The van der Waals surface area contributed by atoms with E-state index in [9.17, 15) is 9.18 Å². The molecule has 1 heterocycles. The summed E-state index contributed by atoms with van der Waals surface area (Å²) in [6.45, 7) is 5.83. The number of fused-ring (bicyclic) bond motifs is 1. The van der Waals surface area contributed by atoms with Crippen LogP contribution in [0.25, 0.3) is 11.0 Å². The number of halogens is 2. The van der Waals surface area contributed by atoms with Gasteiger partial charge in [-0.25, -0.2) is 9.37 Å². The average Bonchev–Trinajstić information content (AvgIpc) is 3.15. The minimum atomic E-state index is -0.433. The summed E-state index contributed by atoms with van der Waals surface area (Å²) in [6, 6.07) is 17.6. The molecule has 7 heteroatoms. The van der Waals surface area contributed by atoms with E-state index in [4.69, 9.17) is 21.3 Å². The number of carbonyl (C=O) groups excluding carboxylic acids is 1. The molecule has 4 aromatic rings. The summed E-state index contributed by atoms with van der Waals surface area (Å²) in [5.41, 5.74) is 3.99. The molecule has 0 spiro atoms. The maximum Gasteiger partial charge on any atom is 0.258 e. The van der Waals surface area contributed by atoms with Crippen LogP contribution in [0.4, 0.5) is 4.39 Å². The summed E-state index contributed by atoms with van der Waals surface area (Å²) in [4.78, 5) is 17.3. The average molecular weight is 466 g/mol. The van der Waals surface area contributed by atoms with Crippen molar-refractivity contribution < 1.29 is 13.9 Å². The van der Waals surface area contributed by atoms with E-state index in [0.717, 1.165) is 22.2 Å². The normalized spacial score (nSPS) is 12.0. The fourth-order valence-corrected chi connectivity index (χ4v) is 4.01. The van der Waals surface area contributed by atoms with Crippen LogP contribution in [-0.4, -0.2) is 22.1 Å². The first-order valence-corrected chi connectivity index (χ1v) is 11.1. The first-order valence-electron chi connectivity index (χ1n) is 10.7. The first kappa shape index (κ1) is 22.8. The van der Waals surface area contributed by atoms with E-state index < -0.39 is 6.04 Å². The molecule has 33 heavy (non-hydrogen) atoms. The lowest BCUT2D eigenvalue weighted by molar-refractivity contribution is -0.123. The van der Waals surface area contributed by atoms with E-state index >= 15 is 0 Å². The first-order chi connectivity index (χ1) is 15.8. The van der Waals surface area contributed by atoms with Gasteiger partial charge in [-0.05, 0) is 62.2 Å². The van der Waals surface area contributed by atoms with Crippen molar-refractivity contribution in [3.05, 3.63) is 94.0 Å². The van der Waals surface area contributed by atoms with Crippen LogP contribution in [0.2, 0.25) is 5.02 Å². The number of amides is 1. The second-order valence-corrected chi connectivity index (χ2v) is 8.50. The van der Waals surface area contributed by atoms with Crippen LogP contribution in [0.1, 0.15) is 35.5 Å². The summed E-state index contributed by atoms with van der Waals surface area (Å²) in [7, 11) is 0. The zero-order chi connectivity index (χ0) is 23.5. The third-order valence-corrected chi connectivity index (χ3v) is 5.88. The van der Waals surface area contributed by atoms with E-state index in [1.807, 2.05) is 67.8 Å². The molecule has 0 aliphatic carbocycles. The molecular formula is C26H25ClFN3O2. The standard InChI is InChI=1S/C26H25ClFN3O2/c1-16-11-12-17(2)24(13-16)33-15-25(32)29-18(3)26-30-22-9-4-5-10-23(22)31(26)14-19-20(27)7-6-8-21(19)28/h4-13,18H,14-15H2,1-3H3,(H,29,32). The highest BCUT2D eigenvalue weighted by Crippen LogP contribution is 2.26. The molecule has 1 unspecified atom stereocenters. The number of aryl methyl sites for hydroxylation is 2. The van der Waals surface area contributed by atoms with Gasteiger partial charge >= 0.3 is 0 Å². The summed E-state index contributed by atoms with van der Waals surface area (Å²) >= 11 is 6.28. The molecule has 0 saturated heterocycles. The maximum absolute atomic E-state index is 14.5. The predicted molar refractivity (Wildman–Crippen MR) is 128 cm³/mol. The number of rotatable bonds is 7. The second-order valence-electron chi connectivity index (χ2n) is 8.09. The number of nitrogens with one attached hydrogen (secondary N) is 1. The molecule has 1 atom stereocenters. The number of benzene rings is 3. The van der Waals surface area contributed by atoms with Crippen LogP contribution in [0.15, 0.2) is 60.7 Å². The summed E-state index contributed by atoms with van der Waals surface area (Å²) in [6.07, 6.45) is 0. The van der Waals surface area contributed by atoms with Gasteiger partial charge < -0.3 is 14.6 Å². The van der Waals surface area contributed by atoms with Crippen molar-refractivity contribution in [2.45, 2.75) is 33.4 Å². The molecule has 0 radical (unpaired) electrons. The third kappa shape index (κ3) is 5.01. The number of imidazole rings is 1. The molecule has 1 N–H and O–H groups in total. The molecule has 4 rings (SSSR count). The third-order valence-electron chi connectivity index (χ3n) is 5.53. The van der Waals surface area contributed by atoms with Gasteiger partial charge in [0, 0.05) is 10.6 Å². The van der Waals surface area contributed by atoms with Crippen molar-refractivity contribution in [1.82, 2.24) is 14.9 Å². The second kappa shape index (κ2) is 9.63. The van der Waals surface area contributed by atoms with E-state index in [1.54, 1.807) is 12.1 Å². The Bertz CT molecular complexity index is 1300. The number of hydrogen-bond donors (Lipinski definition) is 1. The zero-order valence-electron chi connectivity index (χ0n) is 18.7. The smallest absolute Gasteiger partial charge is 0.258 e. The van der Waals surface area contributed by atoms with Crippen LogP contribution in [0.3, 0.4) is 0 Å². The topological polar surface area (TPSA) is 56.1 Å². The van der Waals surface area contributed by atoms with E-state index in [2.05, 4.69) is 5.32 Å². The van der Waals surface area contributed by atoms with Crippen LogP contribution in [-0.2, 0) is 11.3 Å². The Hall–Kier alpha value is -3.38. The number of carbonyl (C=O) groups is 1. The number of ether oxygens (including phenoxy) is 1. The molecule has 170 valence electrons. The lowest BCUT2D eigenvalue weighted by Crippen LogP contribution is -2.32.